The Bertz CT molecular complexity index is 1110. The zero-order valence-electron chi connectivity index (χ0n) is 24.3. The summed E-state index contributed by atoms with van der Waals surface area (Å²) in [6, 6.07) is -1.70. The zero-order chi connectivity index (χ0) is 29.2. The Balaban J connectivity index is 1.71. The normalized spacial score (nSPS) is 19.9. The minimum atomic E-state index is -2.19. The number of alkyl carbamates (subject to hydrolysis) is 1. The van der Waals surface area contributed by atoms with Gasteiger partial charge in [-0.1, -0.05) is 25.9 Å². The molecular formula is C24H42N8O6Si. The fourth-order valence-electron chi connectivity index (χ4n) is 3.87. The number of hydrogen-bond acceptors (Lipinski definition) is 9. The summed E-state index contributed by atoms with van der Waals surface area (Å²) in [4.78, 5) is 35.8. The molecule has 3 N–H and O–H groups in total. The van der Waals surface area contributed by atoms with Crippen molar-refractivity contribution in [3.8, 4) is 0 Å². The first kappa shape index (κ1) is 30.4. The molecule has 2 aliphatic rings. The minimum absolute atomic E-state index is 0.0479. The van der Waals surface area contributed by atoms with Gasteiger partial charge in [0.1, 0.15) is 30.1 Å². The molecule has 0 aliphatic carbocycles. The van der Waals surface area contributed by atoms with Crippen molar-refractivity contribution in [2.75, 3.05) is 26.7 Å². The average Bonchev–Trinajstić information content (AvgIpc) is 3.34. The molecule has 2 aliphatic heterocycles. The Morgan fingerprint density at radius 2 is 1.97 bits per heavy atom. The number of fused-ring (bicyclic) bond motifs is 4. The lowest BCUT2D eigenvalue weighted by atomic mass is 9.97. The van der Waals surface area contributed by atoms with Crippen LogP contribution in [0.3, 0.4) is 0 Å². The monoisotopic (exact) mass is 566 g/mol. The fraction of sp³-hybridized carbons (Fsp3) is 0.708. The molecule has 2 atom stereocenters. The molecule has 3 heterocycles. The number of carbonyl (C=O) groups excluding carboxylic acids is 2. The summed E-state index contributed by atoms with van der Waals surface area (Å²) < 4.78 is 13.1. The number of urea groups is 1. The molecule has 0 aromatic carbocycles. The number of amidine groups is 1. The molecule has 1 aromatic rings. The van der Waals surface area contributed by atoms with Gasteiger partial charge in [0.05, 0.1) is 37.7 Å². The number of aliphatic imine (C=N–C) groups is 1. The molecule has 0 saturated carbocycles. The summed E-state index contributed by atoms with van der Waals surface area (Å²) in [6.07, 6.45) is 2.65. The van der Waals surface area contributed by atoms with Gasteiger partial charge in [0.25, 0.3) is 0 Å². The summed E-state index contributed by atoms with van der Waals surface area (Å²) in [6.45, 7) is 16.9. The second-order valence-corrected chi connectivity index (χ2v) is 16.7. The van der Waals surface area contributed by atoms with Gasteiger partial charge < -0.3 is 24.3 Å². The number of aromatic nitrogens is 2. The molecule has 15 heteroatoms. The van der Waals surface area contributed by atoms with Crippen LogP contribution in [-0.2, 0) is 20.6 Å². The van der Waals surface area contributed by atoms with Crippen LogP contribution in [0.1, 0.15) is 64.9 Å². The molecule has 0 radical (unpaired) electrons. The highest BCUT2D eigenvalue weighted by Gasteiger charge is 2.51. The molecule has 2 bridgehead atoms. The van der Waals surface area contributed by atoms with E-state index >= 15 is 0 Å². The van der Waals surface area contributed by atoms with Crippen molar-refractivity contribution in [2.45, 2.75) is 83.9 Å². The molecule has 39 heavy (non-hydrogen) atoms. The van der Waals surface area contributed by atoms with Crippen molar-refractivity contribution in [1.29, 1.82) is 0 Å². The number of rotatable bonds is 9. The Kier molecular flexibility index (Phi) is 8.97. The average molecular weight is 567 g/mol. The third kappa shape index (κ3) is 6.89. The molecule has 0 unspecified atom stereocenters. The van der Waals surface area contributed by atoms with E-state index < -0.39 is 38.1 Å². The molecular weight excluding hydrogens is 524 g/mol. The van der Waals surface area contributed by atoms with E-state index in [2.05, 4.69) is 59.9 Å². The molecule has 1 aromatic heterocycles. The number of nitrogens with one attached hydrogen (secondary N) is 2. The largest absolute Gasteiger partial charge is 0.444 e. The first-order valence-corrected chi connectivity index (χ1v) is 15.8. The molecule has 1 fully saturated rings. The zero-order valence-corrected chi connectivity index (χ0v) is 25.3. The summed E-state index contributed by atoms with van der Waals surface area (Å²) in [5, 5.41) is 22.2. The number of hydroxylamine groups is 3. The van der Waals surface area contributed by atoms with E-state index in [4.69, 9.17) is 14.1 Å². The number of nitrogens with zero attached hydrogens (tertiary/aromatic N) is 6. The SMILES string of the molecule is CN=C(NO[Si](C)(C)C(C)(C)C)[C@@H]1c2c(cnn2C/C=N/OCCNC(=O)OC(C)(C)C)[C@@H]2CN1C(=O)N2O. The molecule has 14 nitrogen and oxygen atoms in total. The number of ether oxygens (including phenoxy) is 1. The maximum Gasteiger partial charge on any atom is 0.407 e. The standard InChI is InChI=1S/C24H42N8O6Si/c1-23(2,3)37-21(33)26-11-13-36-28-10-12-31-18-16(14-27-31)17-15-30(22(34)32(17)35)19(18)20(25-7)29-38-39(8,9)24(4,5)6/h10,14,17,19,35H,11-13,15H2,1-9H3,(H,25,29)(H,26,33)/b28-10+/t17-,19-/m0/s1. The maximum absolute atomic E-state index is 12.9. The quantitative estimate of drug-likeness (QED) is 0.103. The van der Waals surface area contributed by atoms with Crippen LogP contribution in [0.15, 0.2) is 16.3 Å². The van der Waals surface area contributed by atoms with Gasteiger partial charge >= 0.3 is 12.1 Å². The maximum atomic E-state index is 12.9. The fourth-order valence-corrected chi connectivity index (χ4v) is 4.54. The van der Waals surface area contributed by atoms with Crippen LogP contribution in [0.4, 0.5) is 9.59 Å². The van der Waals surface area contributed by atoms with Crippen LogP contribution < -0.4 is 10.8 Å². The summed E-state index contributed by atoms with van der Waals surface area (Å²) in [7, 11) is -0.568. The van der Waals surface area contributed by atoms with Gasteiger partial charge in [0, 0.05) is 12.6 Å². The highest BCUT2D eigenvalue weighted by Crippen LogP contribution is 2.43. The highest BCUT2D eigenvalue weighted by atomic mass is 28.4. The summed E-state index contributed by atoms with van der Waals surface area (Å²) in [5.74, 6) is 0.436. The number of oxime groups is 1. The third-order valence-electron chi connectivity index (χ3n) is 6.93. The van der Waals surface area contributed by atoms with Crippen molar-refractivity contribution >= 4 is 32.5 Å². The first-order valence-electron chi connectivity index (χ1n) is 12.9. The van der Waals surface area contributed by atoms with Crippen LogP contribution in [0, 0.1) is 0 Å². The van der Waals surface area contributed by atoms with E-state index in [1.54, 1.807) is 43.6 Å². The number of carbonyl (C=O) groups is 2. The minimum Gasteiger partial charge on any atom is -0.444 e. The Labute approximate surface area is 230 Å². The van der Waals surface area contributed by atoms with E-state index in [0.717, 1.165) is 10.6 Å². The molecule has 218 valence electrons. The van der Waals surface area contributed by atoms with Crippen LogP contribution >= 0.6 is 0 Å². The Morgan fingerprint density at radius 1 is 1.28 bits per heavy atom. The summed E-state index contributed by atoms with van der Waals surface area (Å²) >= 11 is 0. The van der Waals surface area contributed by atoms with Crippen molar-refractivity contribution in [2.24, 2.45) is 10.1 Å². The third-order valence-corrected chi connectivity index (χ3v) is 11.2. The lowest BCUT2D eigenvalue weighted by Gasteiger charge is -2.38. The van der Waals surface area contributed by atoms with E-state index in [1.807, 2.05) is 0 Å². The van der Waals surface area contributed by atoms with Crippen molar-refractivity contribution in [1.82, 2.24) is 30.5 Å². The number of amides is 3. The molecule has 3 amide bonds. The molecule has 1 saturated heterocycles. The van der Waals surface area contributed by atoms with Gasteiger partial charge in [-0.15, -0.1) is 0 Å². The lowest BCUT2D eigenvalue weighted by Crippen LogP contribution is -2.50. The van der Waals surface area contributed by atoms with E-state index in [1.165, 1.54) is 6.21 Å². The van der Waals surface area contributed by atoms with Crippen LogP contribution in [0.25, 0.3) is 0 Å². The van der Waals surface area contributed by atoms with Crippen molar-refractivity contribution in [3.63, 3.8) is 0 Å². The van der Waals surface area contributed by atoms with E-state index in [9.17, 15) is 14.8 Å². The van der Waals surface area contributed by atoms with Crippen LogP contribution in [0.2, 0.25) is 18.1 Å². The van der Waals surface area contributed by atoms with Gasteiger partial charge in [-0.25, -0.2) is 9.59 Å². The van der Waals surface area contributed by atoms with Gasteiger partial charge in [0.15, 0.2) is 0 Å². The predicted molar refractivity (Wildman–Crippen MR) is 147 cm³/mol. The van der Waals surface area contributed by atoms with Crippen molar-refractivity contribution in [3.05, 3.63) is 17.5 Å². The van der Waals surface area contributed by atoms with E-state index in [0.29, 0.717) is 18.1 Å². The smallest absolute Gasteiger partial charge is 0.407 e. The lowest BCUT2D eigenvalue weighted by molar-refractivity contribution is -0.0586. The van der Waals surface area contributed by atoms with Gasteiger partial charge in [0.2, 0.25) is 8.32 Å². The molecule has 0 spiro atoms. The summed E-state index contributed by atoms with van der Waals surface area (Å²) in [5.41, 5.74) is 3.89. The highest BCUT2D eigenvalue weighted by molar-refractivity contribution is 6.74. The van der Waals surface area contributed by atoms with Gasteiger partial charge in [-0.05, 0) is 38.9 Å². The van der Waals surface area contributed by atoms with Gasteiger partial charge in [-0.2, -0.15) is 10.2 Å². The van der Waals surface area contributed by atoms with E-state index in [-0.39, 0.29) is 24.7 Å². The second kappa shape index (κ2) is 11.5. The number of hydrogen-bond donors (Lipinski definition) is 3. The van der Waals surface area contributed by atoms with Crippen LogP contribution in [-0.4, -0.2) is 89.8 Å². The molecule has 3 rings (SSSR count). The first-order chi connectivity index (χ1) is 18.1. The Hall–Kier alpha value is -3.17. The second-order valence-electron chi connectivity index (χ2n) is 12.0. The van der Waals surface area contributed by atoms with Gasteiger partial charge in [-0.3, -0.25) is 20.4 Å². The van der Waals surface area contributed by atoms with Crippen molar-refractivity contribution < 1.29 is 28.9 Å². The topological polar surface area (TPSA) is 155 Å². The predicted octanol–water partition coefficient (Wildman–Crippen LogP) is 3.19. The van der Waals surface area contributed by atoms with Crippen LogP contribution in [0.5, 0.6) is 0 Å². The Morgan fingerprint density at radius 3 is 2.59 bits per heavy atom.